The fraction of sp³-hybridized carbons (Fsp3) is 0.111. The predicted octanol–water partition coefficient (Wildman–Crippen LogP) is 3.28. The van der Waals surface area contributed by atoms with Gasteiger partial charge in [0.1, 0.15) is 9.77 Å². The Balaban J connectivity index is 2.04. The lowest BCUT2D eigenvalue weighted by atomic mass is 10.2. The molecule has 3 rings (SSSR count). The average molecular weight is 405 g/mol. The van der Waals surface area contributed by atoms with Gasteiger partial charge in [-0.1, -0.05) is 18.2 Å². The van der Waals surface area contributed by atoms with Crippen molar-refractivity contribution in [2.45, 2.75) is 4.90 Å². The zero-order chi connectivity index (χ0) is 19.6. The largest absolute Gasteiger partial charge is 0.465 e. The summed E-state index contributed by atoms with van der Waals surface area (Å²) in [5.41, 5.74) is 0.533. The molecule has 27 heavy (non-hydrogen) atoms. The first-order chi connectivity index (χ1) is 12.9. The molecule has 1 aromatic heterocycles. The number of thiophene rings is 1. The Morgan fingerprint density at radius 2 is 1.56 bits per heavy atom. The number of ether oxygens (including phenoxy) is 2. The summed E-state index contributed by atoms with van der Waals surface area (Å²) in [5, 5.41) is 0.432. The summed E-state index contributed by atoms with van der Waals surface area (Å²) in [6.45, 7) is 0. The Labute approximate surface area is 159 Å². The summed E-state index contributed by atoms with van der Waals surface area (Å²) in [6.07, 6.45) is 0. The zero-order valence-electron chi connectivity index (χ0n) is 14.4. The Bertz CT molecular complexity index is 1120. The molecule has 0 atom stereocenters. The van der Waals surface area contributed by atoms with E-state index >= 15 is 0 Å². The second kappa shape index (κ2) is 7.37. The third-order valence-corrected chi connectivity index (χ3v) is 6.49. The van der Waals surface area contributed by atoms with Crippen molar-refractivity contribution in [3.63, 3.8) is 0 Å². The highest BCUT2D eigenvalue weighted by Crippen LogP contribution is 2.36. The van der Waals surface area contributed by atoms with E-state index in [1.165, 1.54) is 38.5 Å². The number of carbonyl (C=O) groups excluding carboxylic acids is 2. The van der Waals surface area contributed by atoms with Crippen molar-refractivity contribution < 1.29 is 27.5 Å². The minimum Gasteiger partial charge on any atom is -0.465 e. The molecule has 9 heteroatoms. The number of hydrogen-bond donors (Lipinski definition) is 1. The Kier molecular flexibility index (Phi) is 5.15. The summed E-state index contributed by atoms with van der Waals surface area (Å²) in [4.78, 5) is 23.5. The number of nitrogens with one attached hydrogen (secondary N) is 1. The molecule has 1 heterocycles. The maximum atomic E-state index is 13.0. The number of benzene rings is 2. The van der Waals surface area contributed by atoms with Gasteiger partial charge in [0.15, 0.2) is 0 Å². The SMILES string of the molecule is COC(=O)c1ccc(NS(=O)(=O)c2c(C(=O)OC)sc3ccccc23)cc1. The lowest BCUT2D eigenvalue weighted by Gasteiger charge is -2.09. The normalized spacial score (nSPS) is 11.2. The quantitative estimate of drug-likeness (QED) is 0.654. The van der Waals surface area contributed by atoms with Crippen LogP contribution in [-0.2, 0) is 19.5 Å². The van der Waals surface area contributed by atoms with E-state index in [0.717, 1.165) is 11.3 Å². The van der Waals surface area contributed by atoms with Gasteiger partial charge >= 0.3 is 11.9 Å². The molecule has 0 saturated heterocycles. The van der Waals surface area contributed by atoms with Gasteiger partial charge in [0.2, 0.25) is 0 Å². The molecule has 0 spiro atoms. The van der Waals surface area contributed by atoms with E-state index in [4.69, 9.17) is 4.74 Å². The molecule has 0 unspecified atom stereocenters. The van der Waals surface area contributed by atoms with E-state index in [9.17, 15) is 18.0 Å². The van der Waals surface area contributed by atoms with Gasteiger partial charge in [0.25, 0.3) is 10.0 Å². The van der Waals surface area contributed by atoms with Gasteiger partial charge in [-0.2, -0.15) is 0 Å². The van der Waals surface area contributed by atoms with Crippen LogP contribution in [0.1, 0.15) is 20.0 Å². The van der Waals surface area contributed by atoms with Crippen LogP contribution in [0.5, 0.6) is 0 Å². The van der Waals surface area contributed by atoms with Gasteiger partial charge in [0.05, 0.1) is 19.8 Å². The second-order valence-electron chi connectivity index (χ2n) is 5.42. The van der Waals surface area contributed by atoms with Crippen LogP contribution in [0, 0.1) is 0 Å². The molecule has 0 bridgehead atoms. The van der Waals surface area contributed by atoms with Gasteiger partial charge in [0, 0.05) is 15.8 Å². The number of carbonyl (C=O) groups is 2. The molecule has 3 aromatic rings. The first-order valence-electron chi connectivity index (χ1n) is 7.68. The van der Waals surface area contributed by atoms with Gasteiger partial charge in [-0.25, -0.2) is 18.0 Å². The molecule has 0 saturated carbocycles. The number of hydrogen-bond acceptors (Lipinski definition) is 7. The van der Waals surface area contributed by atoms with Crippen LogP contribution in [-0.4, -0.2) is 34.6 Å². The first kappa shape index (κ1) is 18.9. The van der Waals surface area contributed by atoms with E-state index in [1.807, 2.05) is 0 Å². The van der Waals surface area contributed by atoms with Gasteiger partial charge in [-0.3, -0.25) is 4.72 Å². The van der Waals surface area contributed by atoms with Crippen molar-refractivity contribution in [1.29, 1.82) is 0 Å². The van der Waals surface area contributed by atoms with Crippen LogP contribution >= 0.6 is 11.3 Å². The number of esters is 2. The van der Waals surface area contributed by atoms with E-state index in [-0.39, 0.29) is 21.0 Å². The minimum absolute atomic E-state index is 0.00243. The molecule has 0 aliphatic rings. The van der Waals surface area contributed by atoms with Crippen molar-refractivity contribution in [3.05, 3.63) is 59.0 Å². The standard InChI is InChI=1S/C18H15NO6S2/c1-24-17(20)11-7-9-12(10-8-11)19-27(22,23)16-13-5-3-4-6-14(13)26-15(16)18(21)25-2/h3-10,19H,1-2H3. The number of sulfonamides is 1. The fourth-order valence-corrected chi connectivity index (χ4v) is 5.39. The summed E-state index contributed by atoms with van der Waals surface area (Å²) >= 11 is 1.05. The number of methoxy groups -OCH3 is 2. The van der Waals surface area contributed by atoms with Crippen molar-refractivity contribution in [2.24, 2.45) is 0 Å². The van der Waals surface area contributed by atoms with Crippen molar-refractivity contribution >= 4 is 49.1 Å². The molecule has 0 aliphatic carbocycles. The predicted molar refractivity (Wildman–Crippen MR) is 102 cm³/mol. The Hall–Kier alpha value is -2.91. The molecular weight excluding hydrogens is 390 g/mol. The van der Waals surface area contributed by atoms with E-state index in [1.54, 1.807) is 24.3 Å². The highest BCUT2D eigenvalue weighted by atomic mass is 32.2. The number of fused-ring (bicyclic) bond motifs is 1. The van der Waals surface area contributed by atoms with Crippen molar-refractivity contribution in [2.75, 3.05) is 18.9 Å². The smallest absolute Gasteiger partial charge is 0.349 e. The van der Waals surface area contributed by atoms with Crippen molar-refractivity contribution in [3.8, 4) is 0 Å². The van der Waals surface area contributed by atoms with Gasteiger partial charge < -0.3 is 9.47 Å². The molecule has 0 amide bonds. The van der Waals surface area contributed by atoms with Crippen LogP contribution in [0.4, 0.5) is 5.69 Å². The maximum absolute atomic E-state index is 13.0. The average Bonchev–Trinajstić information content (AvgIpc) is 3.07. The van der Waals surface area contributed by atoms with Crippen LogP contribution in [0.2, 0.25) is 0 Å². The van der Waals surface area contributed by atoms with E-state index < -0.39 is 22.0 Å². The molecule has 2 aromatic carbocycles. The lowest BCUT2D eigenvalue weighted by molar-refractivity contribution is 0.0592. The molecule has 1 N–H and O–H groups in total. The van der Waals surface area contributed by atoms with Gasteiger partial charge in [-0.15, -0.1) is 11.3 Å². The van der Waals surface area contributed by atoms with E-state index in [0.29, 0.717) is 10.1 Å². The van der Waals surface area contributed by atoms with Crippen LogP contribution in [0.25, 0.3) is 10.1 Å². The number of rotatable bonds is 5. The summed E-state index contributed by atoms with van der Waals surface area (Å²) in [7, 11) is -1.62. The Morgan fingerprint density at radius 3 is 2.19 bits per heavy atom. The molecule has 0 fully saturated rings. The topological polar surface area (TPSA) is 98.8 Å². The third kappa shape index (κ3) is 3.64. The fourth-order valence-electron chi connectivity index (χ4n) is 2.51. The van der Waals surface area contributed by atoms with Crippen molar-refractivity contribution in [1.82, 2.24) is 0 Å². The van der Waals surface area contributed by atoms with Gasteiger partial charge in [-0.05, 0) is 30.3 Å². The molecule has 140 valence electrons. The minimum atomic E-state index is -4.08. The molecule has 0 radical (unpaired) electrons. The Morgan fingerprint density at radius 1 is 0.926 bits per heavy atom. The first-order valence-corrected chi connectivity index (χ1v) is 9.98. The zero-order valence-corrected chi connectivity index (χ0v) is 16.0. The highest BCUT2D eigenvalue weighted by molar-refractivity contribution is 7.93. The van der Waals surface area contributed by atoms with Crippen LogP contribution < -0.4 is 4.72 Å². The summed E-state index contributed by atoms with van der Waals surface area (Å²) < 4.78 is 38.4. The summed E-state index contributed by atoms with van der Waals surface area (Å²) in [5.74, 6) is -1.25. The van der Waals surface area contributed by atoms with Crippen LogP contribution in [0.3, 0.4) is 0 Å². The highest BCUT2D eigenvalue weighted by Gasteiger charge is 2.29. The second-order valence-corrected chi connectivity index (χ2v) is 8.09. The molecule has 0 aliphatic heterocycles. The summed E-state index contributed by atoms with van der Waals surface area (Å²) in [6, 6.07) is 12.6. The molecular formula is C18H15NO6S2. The number of anilines is 1. The monoisotopic (exact) mass is 405 g/mol. The van der Waals surface area contributed by atoms with E-state index in [2.05, 4.69) is 9.46 Å². The van der Waals surface area contributed by atoms with Crippen LogP contribution in [0.15, 0.2) is 53.4 Å². The maximum Gasteiger partial charge on any atom is 0.349 e. The molecule has 7 nitrogen and oxygen atoms in total. The lowest BCUT2D eigenvalue weighted by Crippen LogP contribution is -2.16. The third-order valence-electron chi connectivity index (χ3n) is 3.75.